The molecule has 3 amide bonds. The van der Waals surface area contributed by atoms with Crippen LogP contribution in [0.15, 0.2) is 29.3 Å². The monoisotopic (exact) mass is 544 g/mol. The van der Waals surface area contributed by atoms with Crippen molar-refractivity contribution in [2.45, 2.75) is 25.8 Å². The summed E-state index contributed by atoms with van der Waals surface area (Å²) in [6.45, 7) is 6.33. The fraction of sp³-hybridized carbons (Fsp3) is 0.571. The number of likely N-dealkylation sites (tertiary alicyclic amines) is 1. The molecule has 2 heterocycles. The van der Waals surface area contributed by atoms with Gasteiger partial charge in [0.2, 0.25) is 5.91 Å². The lowest BCUT2D eigenvalue weighted by Crippen LogP contribution is -2.43. The average molecular weight is 544 g/mol. The van der Waals surface area contributed by atoms with Crippen molar-refractivity contribution >= 4 is 41.9 Å². The van der Waals surface area contributed by atoms with Crippen LogP contribution < -0.4 is 20.7 Å². The van der Waals surface area contributed by atoms with Gasteiger partial charge in [0.05, 0.1) is 26.2 Å². The van der Waals surface area contributed by atoms with Crippen molar-refractivity contribution in [3.8, 4) is 5.75 Å². The predicted octanol–water partition coefficient (Wildman–Crippen LogP) is 1.56. The molecule has 0 bridgehead atoms. The first-order chi connectivity index (χ1) is 14.6. The minimum atomic E-state index is -0.336. The molecular weight excluding hydrogens is 511 g/mol. The highest BCUT2D eigenvalue weighted by molar-refractivity contribution is 14.0. The molecule has 1 aromatic carbocycles. The van der Waals surface area contributed by atoms with Crippen molar-refractivity contribution in [2.75, 3.05) is 52.9 Å². The summed E-state index contributed by atoms with van der Waals surface area (Å²) in [5.41, 5.74) is 1.22. The van der Waals surface area contributed by atoms with Gasteiger partial charge in [-0.1, -0.05) is 12.1 Å². The van der Waals surface area contributed by atoms with Crippen LogP contribution in [0.25, 0.3) is 0 Å². The van der Waals surface area contributed by atoms with E-state index >= 15 is 0 Å². The highest BCUT2D eigenvalue weighted by atomic mass is 127. The topological polar surface area (TPSA) is 98.3 Å². The van der Waals surface area contributed by atoms with Gasteiger partial charge >= 0.3 is 6.03 Å². The predicted molar refractivity (Wildman–Crippen MR) is 131 cm³/mol. The van der Waals surface area contributed by atoms with E-state index in [1.807, 2.05) is 19.1 Å². The Bertz CT molecular complexity index is 736. The number of methoxy groups -OCH3 is 1. The molecule has 3 N–H and O–H groups in total. The van der Waals surface area contributed by atoms with Crippen LogP contribution in [0.5, 0.6) is 5.75 Å². The van der Waals surface area contributed by atoms with Crippen molar-refractivity contribution in [1.29, 1.82) is 0 Å². The second-order valence-corrected chi connectivity index (χ2v) is 7.38. The first-order valence-electron chi connectivity index (χ1n) is 10.6. The van der Waals surface area contributed by atoms with E-state index < -0.39 is 0 Å². The summed E-state index contributed by atoms with van der Waals surface area (Å²) in [5.74, 6) is 1.33. The normalized spacial score (nSPS) is 17.9. The molecule has 2 fully saturated rings. The number of urea groups is 1. The lowest BCUT2D eigenvalue weighted by molar-refractivity contribution is -0.124. The maximum atomic E-state index is 11.7. The van der Waals surface area contributed by atoms with Gasteiger partial charge in [-0.2, -0.15) is 0 Å². The molecule has 3 rings (SSSR count). The van der Waals surface area contributed by atoms with Crippen molar-refractivity contribution in [2.24, 2.45) is 4.99 Å². The zero-order valence-electron chi connectivity index (χ0n) is 18.2. The van der Waals surface area contributed by atoms with Gasteiger partial charge in [-0.15, -0.1) is 24.0 Å². The molecule has 9 nitrogen and oxygen atoms in total. The van der Waals surface area contributed by atoms with Crippen molar-refractivity contribution < 1.29 is 14.3 Å². The van der Waals surface area contributed by atoms with Crippen LogP contribution in [0, 0.1) is 0 Å². The summed E-state index contributed by atoms with van der Waals surface area (Å²) in [5, 5.41) is 9.00. The fourth-order valence-electron chi connectivity index (χ4n) is 3.80. The lowest BCUT2D eigenvalue weighted by Gasteiger charge is -2.27. The number of aliphatic imine (C=N–C) groups is 1. The first-order valence-corrected chi connectivity index (χ1v) is 10.6. The van der Waals surface area contributed by atoms with Gasteiger partial charge in [-0.25, -0.2) is 4.79 Å². The summed E-state index contributed by atoms with van der Waals surface area (Å²) in [6.07, 6.45) is 2.42. The number of benzene rings is 1. The van der Waals surface area contributed by atoms with Gasteiger partial charge in [0.1, 0.15) is 5.75 Å². The number of hydrogen-bond donors (Lipinski definition) is 3. The zero-order chi connectivity index (χ0) is 21.3. The molecule has 1 unspecified atom stereocenters. The number of hydrogen-bond acceptors (Lipinski definition) is 5. The third kappa shape index (κ3) is 6.96. The molecule has 31 heavy (non-hydrogen) atoms. The van der Waals surface area contributed by atoms with Crippen molar-refractivity contribution in [1.82, 2.24) is 25.8 Å². The van der Waals surface area contributed by atoms with E-state index in [1.165, 1.54) is 23.3 Å². The van der Waals surface area contributed by atoms with Gasteiger partial charge in [-0.3, -0.25) is 19.6 Å². The maximum absolute atomic E-state index is 11.7. The van der Waals surface area contributed by atoms with E-state index in [2.05, 4.69) is 33.0 Å². The van der Waals surface area contributed by atoms with Crippen LogP contribution in [0.4, 0.5) is 4.79 Å². The molecule has 172 valence electrons. The molecule has 1 aromatic rings. The molecule has 2 saturated heterocycles. The van der Waals surface area contributed by atoms with Gasteiger partial charge in [0.25, 0.3) is 0 Å². The average Bonchev–Trinajstić information content (AvgIpc) is 3.40. The van der Waals surface area contributed by atoms with Gasteiger partial charge in [0.15, 0.2) is 5.96 Å². The number of amides is 3. The number of carbonyl (C=O) groups is 2. The Morgan fingerprint density at radius 2 is 1.90 bits per heavy atom. The third-order valence-corrected chi connectivity index (χ3v) is 5.41. The summed E-state index contributed by atoms with van der Waals surface area (Å²) >= 11 is 0. The maximum Gasteiger partial charge on any atom is 0.324 e. The first kappa shape index (κ1) is 25.2. The number of halogens is 1. The molecular formula is C21H33IN6O3. The number of carbonyl (C=O) groups excluding carboxylic acids is 2. The Labute approximate surface area is 201 Å². The second-order valence-electron chi connectivity index (χ2n) is 7.38. The molecule has 2 aliphatic heterocycles. The van der Waals surface area contributed by atoms with E-state index in [0.29, 0.717) is 25.6 Å². The van der Waals surface area contributed by atoms with Crippen LogP contribution in [-0.4, -0.2) is 80.6 Å². The number of imide groups is 1. The van der Waals surface area contributed by atoms with Crippen LogP contribution in [0.3, 0.4) is 0 Å². The molecule has 0 radical (unpaired) electrons. The van der Waals surface area contributed by atoms with Crippen LogP contribution in [0.2, 0.25) is 0 Å². The number of nitrogens with one attached hydrogen (secondary N) is 3. The smallest absolute Gasteiger partial charge is 0.324 e. The molecule has 10 heteroatoms. The quantitative estimate of drug-likeness (QED) is 0.189. The highest BCUT2D eigenvalue weighted by Crippen LogP contribution is 2.27. The zero-order valence-corrected chi connectivity index (χ0v) is 20.6. The van der Waals surface area contributed by atoms with E-state index in [4.69, 9.17) is 9.73 Å². The Balaban J connectivity index is 0.00000341. The molecule has 1 atom stereocenters. The van der Waals surface area contributed by atoms with E-state index in [0.717, 1.165) is 25.4 Å². The fourth-order valence-corrected chi connectivity index (χ4v) is 3.80. The summed E-state index contributed by atoms with van der Waals surface area (Å²) in [7, 11) is 1.67. The van der Waals surface area contributed by atoms with Gasteiger partial charge in [0, 0.05) is 19.6 Å². The van der Waals surface area contributed by atoms with E-state index in [9.17, 15) is 9.59 Å². The largest absolute Gasteiger partial charge is 0.497 e. The minimum Gasteiger partial charge on any atom is -0.497 e. The summed E-state index contributed by atoms with van der Waals surface area (Å²) in [4.78, 5) is 31.9. The second kappa shape index (κ2) is 12.7. The van der Waals surface area contributed by atoms with Crippen LogP contribution in [-0.2, 0) is 4.79 Å². The number of ether oxygens (including phenoxy) is 1. The van der Waals surface area contributed by atoms with Gasteiger partial charge < -0.3 is 20.7 Å². The summed E-state index contributed by atoms with van der Waals surface area (Å²) < 4.78 is 5.29. The Morgan fingerprint density at radius 3 is 2.48 bits per heavy atom. The Morgan fingerprint density at radius 1 is 1.19 bits per heavy atom. The third-order valence-electron chi connectivity index (χ3n) is 5.41. The van der Waals surface area contributed by atoms with Crippen LogP contribution in [0.1, 0.15) is 31.4 Å². The van der Waals surface area contributed by atoms with E-state index in [1.54, 1.807) is 7.11 Å². The number of rotatable bonds is 9. The molecule has 0 spiro atoms. The van der Waals surface area contributed by atoms with Crippen LogP contribution >= 0.6 is 24.0 Å². The number of guanidine groups is 1. The minimum absolute atomic E-state index is 0. The number of nitrogens with zero attached hydrogens (tertiary/aromatic N) is 3. The SMILES string of the molecule is CCNC(=NCC(c1ccc(OC)cc1)N1CCCC1)NCCN1C(=O)CNC1=O.I. The van der Waals surface area contributed by atoms with Crippen molar-refractivity contribution in [3.63, 3.8) is 0 Å². The van der Waals surface area contributed by atoms with Gasteiger partial charge in [-0.05, 0) is 50.6 Å². The molecule has 2 aliphatic rings. The lowest BCUT2D eigenvalue weighted by atomic mass is 10.1. The standard InChI is InChI=1S/C21H32N6O3.HI/c1-3-22-20(23-10-13-27-19(28)15-25-21(27)29)24-14-18(26-11-4-5-12-26)16-6-8-17(30-2)9-7-16;/h6-9,18H,3-5,10-15H2,1-2H3,(H,25,29)(H2,22,23,24);1H. The Hall–Kier alpha value is -2.08. The van der Waals surface area contributed by atoms with E-state index in [-0.39, 0.29) is 48.5 Å². The van der Waals surface area contributed by atoms with Crippen molar-refractivity contribution in [3.05, 3.63) is 29.8 Å². The molecule has 0 aromatic heterocycles. The molecule has 0 aliphatic carbocycles. The summed E-state index contributed by atoms with van der Waals surface area (Å²) in [6, 6.07) is 8.05. The molecule has 0 saturated carbocycles. The highest BCUT2D eigenvalue weighted by Gasteiger charge is 2.28. The Kier molecular flexibility index (Phi) is 10.3.